The van der Waals surface area contributed by atoms with Gasteiger partial charge in [0.25, 0.3) is 0 Å². The zero-order valence-corrected chi connectivity index (χ0v) is 13.0. The molecule has 0 aliphatic carbocycles. The number of aryl methyl sites for hydroxylation is 1. The van der Waals surface area contributed by atoms with Crippen molar-refractivity contribution >= 4 is 27.8 Å². The summed E-state index contributed by atoms with van der Waals surface area (Å²) in [5.41, 5.74) is 9.03. The Kier molecular flexibility index (Phi) is 4.45. The quantitative estimate of drug-likeness (QED) is 0.850. The fourth-order valence-electron chi connectivity index (χ4n) is 2.12. The standard InChI is InChI=1S/C16H20N2OS/c1-4-14(19)16-13(17)9-15(20-16)18(3)10-12-7-5-6-11(2)8-12/h5-9H,4,10,17H2,1-3H3. The lowest BCUT2D eigenvalue weighted by molar-refractivity contribution is 0.0993. The van der Waals surface area contributed by atoms with Crippen molar-refractivity contribution in [3.05, 3.63) is 46.3 Å². The van der Waals surface area contributed by atoms with E-state index >= 15 is 0 Å². The molecular weight excluding hydrogens is 268 g/mol. The molecule has 1 aromatic carbocycles. The lowest BCUT2D eigenvalue weighted by atomic mass is 10.1. The van der Waals surface area contributed by atoms with Gasteiger partial charge in [-0.3, -0.25) is 4.79 Å². The van der Waals surface area contributed by atoms with Crippen LogP contribution in [-0.2, 0) is 6.54 Å². The first-order valence-corrected chi connectivity index (χ1v) is 7.52. The number of ketones is 1. The van der Waals surface area contributed by atoms with Gasteiger partial charge in [0.1, 0.15) is 0 Å². The number of nitrogens with two attached hydrogens (primary N) is 1. The zero-order chi connectivity index (χ0) is 14.7. The number of hydrogen-bond acceptors (Lipinski definition) is 4. The summed E-state index contributed by atoms with van der Waals surface area (Å²) in [6.07, 6.45) is 0.492. The number of benzene rings is 1. The van der Waals surface area contributed by atoms with Crippen LogP contribution >= 0.6 is 11.3 Å². The molecule has 0 spiro atoms. The molecule has 1 aromatic heterocycles. The summed E-state index contributed by atoms with van der Waals surface area (Å²) in [5.74, 6) is 0.114. The molecule has 0 unspecified atom stereocenters. The molecule has 0 aliphatic heterocycles. The van der Waals surface area contributed by atoms with Gasteiger partial charge >= 0.3 is 0 Å². The van der Waals surface area contributed by atoms with Gasteiger partial charge in [-0.2, -0.15) is 0 Å². The Bertz CT molecular complexity index is 619. The molecule has 2 N–H and O–H groups in total. The molecule has 0 saturated carbocycles. The van der Waals surface area contributed by atoms with Crippen LogP contribution in [0, 0.1) is 6.92 Å². The highest BCUT2D eigenvalue weighted by Crippen LogP contribution is 2.33. The average Bonchev–Trinajstić information content (AvgIpc) is 2.80. The van der Waals surface area contributed by atoms with E-state index in [0.717, 1.165) is 11.5 Å². The number of nitrogens with zero attached hydrogens (tertiary/aromatic N) is 1. The van der Waals surface area contributed by atoms with Gasteiger partial charge in [-0.25, -0.2) is 0 Å². The Morgan fingerprint density at radius 1 is 1.35 bits per heavy atom. The maximum Gasteiger partial charge on any atom is 0.174 e. The molecule has 0 radical (unpaired) electrons. The molecule has 0 fully saturated rings. The minimum atomic E-state index is 0.114. The van der Waals surface area contributed by atoms with E-state index in [1.54, 1.807) is 0 Å². The van der Waals surface area contributed by atoms with Crippen LogP contribution in [0.5, 0.6) is 0 Å². The van der Waals surface area contributed by atoms with E-state index in [0.29, 0.717) is 17.0 Å². The van der Waals surface area contributed by atoms with Gasteiger partial charge in [-0.05, 0) is 18.6 Å². The lowest BCUT2D eigenvalue weighted by Gasteiger charge is -2.17. The summed E-state index contributed by atoms with van der Waals surface area (Å²) in [6.45, 7) is 4.75. The predicted octanol–water partition coefficient (Wildman–Crippen LogP) is 3.87. The van der Waals surface area contributed by atoms with Crippen molar-refractivity contribution in [2.75, 3.05) is 17.7 Å². The van der Waals surface area contributed by atoms with Crippen LogP contribution in [0.2, 0.25) is 0 Å². The molecule has 0 atom stereocenters. The molecule has 0 saturated heterocycles. The monoisotopic (exact) mass is 288 g/mol. The molecule has 0 bridgehead atoms. The predicted molar refractivity (Wildman–Crippen MR) is 86.6 cm³/mol. The highest BCUT2D eigenvalue weighted by molar-refractivity contribution is 7.18. The van der Waals surface area contributed by atoms with E-state index in [1.165, 1.54) is 22.5 Å². The van der Waals surface area contributed by atoms with Gasteiger partial charge in [0, 0.05) is 20.0 Å². The van der Waals surface area contributed by atoms with Crippen molar-refractivity contribution in [3.63, 3.8) is 0 Å². The minimum Gasteiger partial charge on any atom is -0.397 e. The van der Waals surface area contributed by atoms with Crippen molar-refractivity contribution in [1.29, 1.82) is 0 Å². The molecular formula is C16H20N2OS. The minimum absolute atomic E-state index is 0.114. The van der Waals surface area contributed by atoms with Crippen molar-refractivity contribution < 1.29 is 4.79 Å². The number of rotatable bonds is 5. The van der Waals surface area contributed by atoms with E-state index in [2.05, 4.69) is 36.1 Å². The van der Waals surface area contributed by atoms with Crippen LogP contribution in [-0.4, -0.2) is 12.8 Å². The zero-order valence-electron chi connectivity index (χ0n) is 12.1. The van der Waals surface area contributed by atoms with Crippen molar-refractivity contribution in [2.24, 2.45) is 0 Å². The molecule has 2 aromatic rings. The molecule has 0 amide bonds. The smallest absolute Gasteiger partial charge is 0.174 e. The fourth-order valence-corrected chi connectivity index (χ4v) is 3.17. The van der Waals surface area contributed by atoms with Crippen LogP contribution in [0.3, 0.4) is 0 Å². The molecule has 2 rings (SSSR count). The van der Waals surface area contributed by atoms with Gasteiger partial charge in [-0.1, -0.05) is 36.8 Å². The van der Waals surface area contributed by atoms with Gasteiger partial charge in [-0.15, -0.1) is 11.3 Å². The first kappa shape index (κ1) is 14.6. The van der Waals surface area contributed by atoms with Crippen LogP contribution in [0.25, 0.3) is 0 Å². The third-order valence-corrected chi connectivity index (χ3v) is 4.51. The number of carbonyl (C=O) groups excluding carboxylic acids is 1. The molecule has 1 heterocycles. The Labute approximate surface area is 124 Å². The third kappa shape index (κ3) is 3.20. The number of carbonyl (C=O) groups is 1. The SMILES string of the molecule is CCC(=O)c1sc(N(C)Cc2cccc(C)c2)cc1N. The third-order valence-electron chi connectivity index (χ3n) is 3.20. The summed E-state index contributed by atoms with van der Waals surface area (Å²) in [4.78, 5) is 14.6. The number of anilines is 2. The number of hydrogen-bond donors (Lipinski definition) is 1. The maximum absolute atomic E-state index is 11.8. The Balaban J connectivity index is 2.17. The Morgan fingerprint density at radius 2 is 2.10 bits per heavy atom. The van der Waals surface area contributed by atoms with Crippen LogP contribution in [0.4, 0.5) is 10.7 Å². The highest BCUT2D eigenvalue weighted by Gasteiger charge is 2.15. The van der Waals surface area contributed by atoms with Gasteiger partial charge in [0.05, 0.1) is 15.6 Å². The molecule has 4 heteroatoms. The average molecular weight is 288 g/mol. The second-order valence-corrected chi connectivity index (χ2v) is 6.02. The largest absolute Gasteiger partial charge is 0.397 e. The van der Waals surface area contributed by atoms with E-state index in [9.17, 15) is 4.79 Å². The summed E-state index contributed by atoms with van der Waals surface area (Å²) in [7, 11) is 2.02. The Morgan fingerprint density at radius 3 is 2.75 bits per heavy atom. The molecule has 3 nitrogen and oxygen atoms in total. The Hall–Kier alpha value is -1.81. The number of Topliss-reactive ketones (excluding diaryl/α,β-unsaturated/α-hetero) is 1. The van der Waals surface area contributed by atoms with Gasteiger partial charge in [0.2, 0.25) is 0 Å². The van der Waals surface area contributed by atoms with Crippen molar-refractivity contribution in [2.45, 2.75) is 26.8 Å². The topological polar surface area (TPSA) is 46.3 Å². The number of thiophene rings is 1. The summed E-state index contributed by atoms with van der Waals surface area (Å²) in [6, 6.07) is 10.3. The maximum atomic E-state index is 11.8. The van der Waals surface area contributed by atoms with Gasteiger partial charge in [0.15, 0.2) is 5.78 Å². The van der Waals surface area contributed by atoms with E-state index in [4.69, 9.17) is 5.73 Å². The summed E-state index contributed by atoms with van der Waals surface area (Å²) < 4.78 is 0. The molecule has 20 heavy (non-hydrogen) atoms. The fraction of sp³-hybridized carbons (Fsp3) is 0.312. The summed E-state index contributed by atoms with van der Waals surface area (Å²) >= 11 is 1.48. The van der Waals surface area contributed by atoms with Gasteiger partial charge < -0.3 is 10.6 Å². The van der Waals surface area contributed by atoms with E-state index in [1.807, 2.05) is 20.0 Å². The van der Waals surface area contributed by atoms with Crippen molar-refractivity contribution in [3.8, 4) is 0 Å². The van der Waals surface area contributed by atoms with Crippen molar-refractivity contribution in [1.82, 2.24) is 0 Å². The number of nitrogen functional groups attached to an aromatic ring is 1. The molecule has 106 valence electrons. The second kappa shape index (κ2) is 6.09. The normalized spacial score (nSPS) is 10.6. The van der Waals surface area contributed by atoms with Crippen LogP contribution < -0.4 is 10.6 Å². The first-order chi connectivity index (χ1) is 9.51. The lowest BCUT2D eigenvalue weighted by Crippen LogP contribution is -2.14. The van der Waals surface area contributed by atoms with E-state index in [-0.39, 0.29) is 5.78 Å². The van der Waals surface area contributed by atoms with Crippen LogP contribution in [0.1, 0.15) is 34.1 Å². The van der Waals surface area contributed by atoms with Crippen LogP contribution in [0.15, 0.2) is 30.3 Å². The molecule has 0 aliphatic rings. The first-order valence-electron chi connectivity index (χ1n) is 6.70. The highest BCUT2D eigenvalue weighted by atomic mass is 32.1. The van der Waals surface area contributed by atoms with E-state index < -0.39 is 0 Å². The summed E-state index contributed by atoms with van der Waals surface area (Å²) in [5, 5.41) is 1.03. The second-order valence-electron chi connectivity index (χ2n) is 4.99.